The Morgan fingerprint density at radius 1 is 1.11 bits per heavy atom. The third kappa shape index (κ3) is 3.10. The van der Waals surface area contributed by atoms with Crippen molar-refractivity contribution < 1.29 is 8.42 Å². The third-order valence-corrected chi connectivity index (χ3v) is 6.78. The maximum absolute atomic E-state index is 13.4. The Morgan fingerprint density at radius 3 is 2.46 bits per heavy atom. The molecule has 0 fully saturated rings. The first-order chi connectivity index (χ1) is 13.3. The summed E-state index contributed by atoms with van der Waals surface area (Å²) in [6.45, 7) is 0. The van der Waals surface area contributed by atoms with Gasteiger partial charge in [0.05, 0.1) is 17.6 Å². The third-order valence-electron chi connectivity index (χ3n) is 4.52. The molecule has 0 aliphatic carbocycles. The zero-order valence-corrected chi connectivity index (χ0v) is 17.6. The molecule has 0 saturated heterocycles. The van der Waals surface area contributed by atoms with Crippen LogP contribution < -0.4 is 5.56 Å². The van der Waals surface area contributed by atoms with Crippen molar-refractivity contribution in [2.24, 2.45) is 14.1 Å². The highest BCUT2D eigenvalue weighted by Gasteiger charge is 2.26. The molecule has 0 saturated carbocycles. The number of nitrogens with zero attached hydrogens (tertiary/aromatic N) is 4. The lowest BCUT2D eigenvalue weighted by Gasteiger charge is -2.11. The smallest absolute Gasteiger partial charge is 0.275 e. The lowest BCUT2D eigenvalue weighted by Crippen LogP contribution is -2.23. The fraction of sp³-hybridized carbons (Fsp3) is 0.158. The molecule has 9 heteroatoms. The number of hydrogen-bond donors (Lipinski definition) is 0. The number of rotatable bonds is 4. The minimum absolute atomic E-state index is 0.117. The van der Waals surface area contributed by atoms with Crippen LogP contribution in [0.2, 0.25) is 0 Å². The zero-order chi connectivity index (χ0) is 20.1. The lowest BCUT2D eigenvalue weighted by atomic mass is 10.2. The molecule has 0 bridgehead atoms. The minimum atomic E-state index is -3.88. The van der Waals surface area contributed by atoms with Gasteiger partial charge in [-0.1, -0.05) is 30.3 Å². The summed E-state index contributed by atoms with van der Waals surface area (Å²) in [4.78, 5) is 12.9. The average Bonchev–Trinajstić information content (AvgIpc) is 3.25. The van der Waals surface area contributed by atoms with E-state index in [9.17, 15) is 13.2 Å². The molecule has 0 aliphatic heterocycles. The topological polar surface area (TPSA) is 78.9 Å². The summed E-state index contributed by atoms with van der Waals surface area (Å²) in [6, 6.07) is 10.6. The number of pyridine rings is 1. The van der Waals surface area contributed by atoms with E-state index >= 15 is 0 Å². The van der Waals surface area contributed by atoms with Gasteiger partial charge in [0, 0.05) is 41.9 Å². The summed E-state index contributed by atoms with van der Waals surface area (Å²) in [6.07, 6.45) is 4.94. The summed E-state index contributed by atoms with van der Waals surface area (Å²) in [5.41, 5.74) is 1.40. The van der Waals surface area contributed by atoms with E-state index in [-0.39, 0.29) is 16.8 Å². The molecule has 0 spiro atoms. The predicted octanol–water partition coefficient (Wildman–Crippen LogP) is 2.88. The lowest BCUT2D eigenvalue weighted by molar-refractivity contribution is 0.588. The molecule has 0 radical (unpaired) electrons. The Labute approximate surface area is 170 Å². The van der Waals surface area contributed by atoms with E-state index in [0.29, 0.717) is 26.7 Å². The van der Waals surface area contributed by atoms with Crippen LogP contribution in [-0.2, 0) is 29.9 Å². The quantitative estimate of drug-likeness (QED) is 0.468. The van der Waals surface area contributed by atoms with Gasteiger partial charge in [0.25, 0.3) is 5.56 Å². The number of aromatic nitrogens is 4. The number of aryl methyl sites for hydroxylation is 2. The molecule has 0 unspecified atom stereocenters. The number of halogens is 1. The molecular weight excluding hydrogens is 444 g/mol. The van der Waals surface area contributed by atoms with Crippen LogP contribution in [0.5, 0.6) is 0 Å². The Morgan fingerprint density at radius 2 is 1.82 bits per heavy atom. The zero-order valence-electron chi connectivity index (χ0n) is 15.2. The average molecular weight is 461 g/mol. The van der Waals surface area contributed by atoms with Gasteiger partial charge in [0.1, 0.15) is 5.52 Å². The van der Waals surface area contributed by atoms with Gasteiger partial charge in [-0.15, -0.1) is 0 Å². The van der Waals surface area contributed by atoms with Crippen molar-refractivity contribution in [3.8, 4) is 11.3 Å². The first-order valence-corrected chi connectivity index (χ1v) is 10.8. The second kappa shape index (κ2) is 6.75. The summed E-state index contributed by atoms with van der Waals surface area (Å²) < 4.78 is 31.6. The van der Waals surface area contributed by atoms with E-state index < -0.39 is 10.0 Å². The Balaban J connectivity index is 2.06. The molecule has 3 heterocycles. The molecule has 28 heavy (non-hydrogen) atoms. The summed E-state index contributed by atoms with van der Waals surface area (Å²) in [5.74, 6) is -0.222. The van der Waals surface area contributed by atoms with E-state index in [1.807, 2.05) is 6.07 Å². The first kappa shape index (κ1) is 18.7. The van der Waals surface area contributed by atoms with Gasteiger partial charge in [-0.05, 0) is 27.6 Å². The highest BCUT2D eigenvalue weighted by atomic mass is 79.9. The summed E-state index contributed by atoms with van der Waals surface area (Å²) >= 11 is 3.45. The van der Waals surface area contributed by atoms with Crippen molar-refractivity contribution >= 4 is 36.9 Å². The fourth-order valence-corrected chi connectivity index (χ4v) is 5.50. The van der Waals surface area contributed by atoms with Gasteiger partial charge < -0.3 is 4.57 Å². The monoisotopic (exact) mass is 460 g/mol. The minimum Gasteiger partial charge on any atom is -0.316 e. The van der Waals surface area contributed by atoms with Crippen LogP contribution in [0, 0.1) is 0 Å². The van der Waals surface area contributed by atoms with Gasteiger partial charge in [-0.25, -0.2) is 12.4 Å². The molecule has 144 valence electrons. The Bertz CT molecular complexity index is 1350. The van der Waals surface area contributed by atoms with E-state index in [1.165, 1.54) is 4.57 Å². The van der Waals surface area contributed by atoms with Crippen molar-refractivity contribution in [3.05, 3.63) is 75.4 Å². The van der Waals surface area contributed by atoms with Crippen molar-refractivity contribution in [2.45, 2.75) is 5.75 Å². The number of benzene rings is 1. The van der Waals surface area contributed by atoms with Crippen LogP contribution in [0.4, 0.5) is 0 Å². The standard InChI is InChI=1S/C19H17BrN4O3S/c1-22-11-16(20)15-8-17(14-9-21-23(2)10-14)24(18(15)19(22)25)28(26,27)12-13-6-4-3-5-7-13/h3-11H,12H2,1-2H3. The number of hydrogen-bond acceptors (Lipinski definition) is 4. The van der Waals surface area contributed by atoms with Crippen molar-refractivity contribution in [1.82, 2.24) is 18.3 Å². The largest absolute Gasteiger partial charge is 0.316 e. The molecular formula is C19H17BrN4O3S. The van der Waals surface area contributed by atoms with Gasteiger partial charge >= 0.3 is 0 Å². The molecule has 0 N–H and O–H groups in total. The SMILES string of the molecule is Cn1cc(-c2cc3c(Br)cn(C)c(=O)c3n2S(=O)(=O)Cc2ccccc2)cn1. The predicted molar refractivity (Wildman–Crippen MR) is 112 cm³/mol. The molecule has 7 nitrogen and oxygen atoms in total. The van der Waals surface area contributed by atoms with Crippen LogP contribution >= 0.6 is 15.9 Å². The van der Waals surface area contributed by atoms with Crippen LogP contribution in [0.15, 0.2) is 64.3 Å². The van der Waals surface area contributed by atoms with Crippen molar-refractivity contribution in [2.75, 3.05) is 0 Å². The maximum atomic E-state index is 13.4. The highest BCUT2D eigenvalue weighted by molar-refractivity contribution is 9.10. The Hall–Kier alpha value is -2.65. The van der Waals surface area contributed by atoms with Crippen LogP contribution in [0.3, 0.4) is 0 Å². The fourth-order valence-electron chi connectivity index (χ4n) is 3.24. The van der Waals surface area contributed by atoms with Gasteiger partial charge in [0.2, 0.25) is 10.0 Å². The van der Waals surface area contributed by atoms with Gasteiger partial charge in [-0.2, -0.15) is 5.10 Å². The van der Waals surface area contributed by atoms with Crippen LogP contribution in [-0.4, -0.2) is 26.7 Å². The summed E-state index contributed by atoms with van der Waals surface area (Å²) in [5, 5.41) is 4.69. The van der Waals surface area contributed by atoms with Crippen molar-refractivity contribution in [3.63, 3.8) is 0 Å². The molecule has 0 aliphatic rings. The number of fused-ring (bicyclic) bond motifs is 1. The van der Waals surface area contributed by atoms with Crippen LogP contribution in [0.1, 0.15) is 5.56 Å². The highest BCUT2D eigenvalue weighted by Crippen LogP contribution is 2.32. The molecule has 3 aromatic heterocycles. The van der Waals surface area contributed by atoms with Gasteiger partial charge in [0.15, 0.2) is 0 Å². The van der Waals surface area contributed by atoms with Crippen LogP contribution in [0.25, 0.3) is 22.2 Å². The summed E-state index contributed by atoms with van der Waals surface area (Å²) in [7, 11) is -0.528. The van der Waals surface area contributed by atoms with E-state index in [4.69, 9.17) is 0 Å². The van der Waals surface area contributed by atoms with Crippen molar-refractivity contribution in [1.29, 1.82) is 0 Å². The Kier molecular flexibility index (Phi) is 4.51. The van der Waals surface area contributed by atoms with E-state index in [2.05, 4.69) is 21.0 Å². The molecule has 0 amide bonds. The second-order valence-electron chi connectivity index (χ2n) is 6.59. The molecule has 0 atom stereocenters. The molecule has 4 rings (SSSR count). The second-order valence-corrected chi connectivity index (χ2v) is 9.27. The normalized spacial score (nSPS) is 12.0. The van der Waals surface area contributed by atoms with E-state index in [1.54, 1.807) is 67.7 Å². The first-order valence-electron chi connectivity index (χ1n) is 8.45. The maximum Gasteiger partial charge on any atom is 0.275 e. The molecule has 1 aromatic carbocycles. The van der Waals surface area contributed by atoms with Gasteiger partial charge in [-0.3, -0.25) is 9.48 Å². The molecule has 4 aromatic rings. The van der Waals surface area contributed by atoms with E-state index in [0.717, 1.165) is 3.97 Å².